The van der Waals surface area contributed by atoms with E-state index in [1.54, 1.807) is 24.1 Å². The van der Waals surface area contributed by atoms with Crippen LogP contribution < -0.4 is 11.1 Å². The number of nitrogens with two attached hydrogens (primary N) is 1. The molecule has 0 unspecified atom stereocenters. The first-order valence-electron chi connectivity index (χ1n) is 11.4. The van der Waals surface area contributed by atoms with Gasteiger partial charge in [-0.15, -0.1) is 0 Å². The molecule has 0 radical (unpaired) electrons. The van der Waals surface area contributed by atoms with Crippen LogP contribution in [0, 0.1) is 5.92 Å². The molecule has 3 N–H and O–H groups in total. The van der Waals surface area contributed by atoms with Crippen molar-refractivity contribution in [2.45, 2.75) is 69.3 Å². The molecule has 3 fully saturated rings. The highest BCUT2D eigenvalue weighted by Gasteiger charge is 2.56. The van der Waals surface area contributed by atoms with E-state index in [1.165, 1.54) is 4.68 Å². The topological polar surface area (TPSA) is 120 Å². The van der Waals surface area contributed by atoms with Gasteiger partial charge in [0.15, 0.2) is 5.69 Å². The molecule has 170 valence electrons. The monoisotopic (exact) mass is 439 g/mol. The van der Waals surface area contributed by atoms with Crippen molar-refractivity contribution in [3.8, 4) is 0 Å². The zero-order valence-corrected chi connectivity index (χ0v) is 18.2. The van der Waals surface area contributed by atoms with Crippen LogP contribution in [0.1, 0.15) is 49.0 Å². The number of carbonyl (C=O) groups is 3. The number of primary amides is 1. The largest absolute Gasteiger partial charge is 0.381 e. The number of ether oxygens (including phenoxy) is 1. The average Bonchev–Trinajstić information content (AvgIpc) is 3.29. The van der Waals surface area contributed by atoms with Crippen LogP contribution in [-0.2, 0) is 20.9 Å². The Morgan fingerprint density at radius 2 is 2.00 bits per heavy atom. The van der Waals surface area contributed by atoms with Crippen molar-refractivity contribution < 1.29 is 19.1 Å². The van der Waals surface area contributed by atoms with Gasteiger partial charge in [-0.3, -0.25) is 19.1 Å². The predicted molar refractivity (Wildman–Crippen MR) is 117 cm³/mol. The number of rotatable bonds is 6. The Balaban J connectivity index is 1.32. The number of nitrogens with one attached hydrogen (secondary N) is 1. The number of para-hydroxylation sites is 1. The standard InChI is InChI=1S/C23H29N5O4/c1-32-15-6-4-5-14(11-15)25-23(31)19-10-13-9-18(13)28(19)20(29)12-27-17-8-3-2-7-16(17)21(26-27)22(24)30/h2-3,7-8,13-15,18-19H,4-6,9-12H2,1H3,(H2,24,30)(H,25,31)/t13-,14-,15+,18-,19+/m1/s1. The maximum absolute atomic E-state index is 13.3. The fourth-order valence-corrected chi connectivity index (χ4v) is 5.48. The Labute approximate surface area is 186 Å². The van der Waals surface area contributed by atoms with Crippen LogP contribution in [0.5, 0.6) is 0 Å². The highest BCUT2D eigenvalue weighted by molar-refractivity contribution is 6.04. The Bertz CT molecular complexity index is 1070. The Morgan fingerprint density at radius 3 is 2.78 bits per heavy atom. The summed E-state index contributed by atoms with van der Waals surface area (Å²) in [4.78, 5) is 40.0. The fraction of sp³-hybridized carbons (Fsp3) is 0.565. The van der Waals surface area contributed by atoms with E-state index in [4.69, 9.17) is 10.5 Å². The number of piperidine rings is 1. The first-order chi connectivity index (χ1) is 15.5. The lowest BCUT2D eigenvalue weighted by molar-refractivity contribution is -0.140. The molecular weight excluding hydrogens is 410 g/mol. The van der Waals surface area contributed by atoms with Crippen molar-refractivity contribution in [3.63, 3.8) is 0 Å². The molecule has 1 aromatic heterocycles. The van der Waals surface area contributed by atoms with Crippen molar-refractivity contribution in [1.82, 2.24) is 20.0 Å². The summed E-state index contributed by atoms with van der Waals surface area (Å²) in [5.41, 5.74) is 6.30. The summed E-state index contributed by atoms with van der Waals surface area (Å²) in [7, 11) is 1.71. The van der Waals surface area contributed by atoms with Gasteiger partial charge < -0.3 is 20.7 Å². The molecule has 9 heteroatoms. The van der Waals surface area contributed by atoms with Gasteiger partial charge in [-0.1, -0.05) is 18.2 Å². The number of amides is 3. The van der Waals surface area contributed by atoms with Crippen LogP contribution in [0.2, 0.25) is 0 Å². The van der Waals surface area contributed by atoms with Gasteiger partial charge in [0.25, 0.3) is 5.91 Å². The molecule has 2 saturated carbocycles. The van der Waals surface area contributed by atoms with Crippen molar-refractivity contribution in [3.05, 3.63) is 30.0 Å². The molecule has 5 rings (SSSR count). The first kappa shape index (κ1) is 20.9. The summed E-state index contributed by atoms with van der Waals surface area (Å²) < 4.78 is 6.99. The van der Waals surface area contributed by atoms with Gasteiger partial charge in [0.05, 0.1) is 11.6 Å². The summed E-state index contributed by atoms with van der Waals surface area (Å²) in [6, 6.07) is 6.96. The number of benzene rings is 1. The quantitative estimate of drug-likeness (QED) is 0.701. The van der Waals surface area contributed by atoms with Crippen LogP contribution >= 0.6 is 0 Å². The van der Waals surface area contributed by atoms with Gasteiger partial charge >= 0.3 is 0 Å². The minimum absolute atomic E-state index is 0.0318. The van der Waals surface area contributed by atoms with Crippen molar-refractivity contribution in [2.24, 2.45) is 11.7 Å². The SMILES string of the molecule is CO[C@H]1CCC[C@@H](NC(=O)[C@@H]2C[C@H]3C[C@H]3N2C(=O)Cn2nc(C(N)=O)c3ccccc32)C1. The Hall–Kier alpha value is -2.94. The minimum Gasteiger partial charge on any atom is -0.381 e. The van der Waals surface area contributed by atoms with Crippen LogP contribution in [0.3, 0.4) is 0 Å². The zero-order chi connectivity index (χ0) is 22.4. The smallest absolute Gasteiger partial charge is 0.269 e. The van der Waals surface area contributed by atoms with Crippen LogP contribution in [-0.4, -0.2) is 63.7 Å². The molecule has 0 bridgehead atoms. The number of hydrogen-bond donors (Lipinski definition) is 2. The lowest BCUT2D eigenvalue weighted by atomic mass is 9.92. The molecule has 2 heterocycles. The summed E-state index contributed by atoms with van der Waals surface area (Å²) in [5.74, 6) is -0.466. The molecule has 1 aromatic carbocycles. The summed E-state index contributed by atoms with van der Waals surface area (Å²) in [6.45, 7) is -0.0318. The lowest BCUT2D eigenvalue weighted by Gasteiger charge is -2.32. The number of carbonyl (C=O) groups excluding carboxylic acids is 3. The number of likely N-dealkylation sites (tertiary alicyclic amines) is 1. The second-order valence-corrected chi connectivity index (χ2v) is 9.23. The molecular formula is C23H29N5O4. The number of fused-ring (bicyclic) bond motifs is 2. The van der Waals surface area contributed by atoms with E-state index in [9.17, 15) is 14.4 Å². The van der Waals surface area contributed by atoms with Crippen molar-refractivity contribution in [1.29, 1.82) is 0 Å². The summed E-state index contributed by atoms with van der Waals surface area (Å²) in [6.07, 6.45) is 5.62. The maximum Gasteiger partial charge on any atom is 0.269 e. The van der Waals surface area contributed by atoms with Crippen LogP contribution in [0.15, 0.2) is 24.3 Å². The van der Waals surface area contributed by atoms with Crippen LogP contribution in [0.4, 0.5) is 0 Å². The third-order valence-corrected chi connectivity index (χ3v) is 7.18. The number of methoxy groups -OCH3 is 1. The third kappa shape index (κ3) is 3.74. The molecule has 2 aliphatic carbocycles. The van der Waals surface area contributed by atoms with E-state index in [2.05, 4.69) is 10.4 Å². The average molecular weight is 440 g/mol. The summed E-state index contributed by atoms with van der Waals surface area (Å²) >= 11 is 0. The molecule has 2 aromatic rings. The molecule has 1 aliphatic heterocycles. The normalized spacial score (nSPS) is 29.0. The van der Waals surface area contributed by atoms with Crippen LogP contribution in [0.25, 0.3) is 10.9 Å². The van der Waals surface area contributed by atoms with Gasteiger partial charge in [-0.2, -0.15) is 5.10 Å². The van der Waals surface area contributed by atoms with E-state index in [0.29, 0.717) is 23.2 Å². The molecule has 1 saturated heterocycles. The van der Waals surface area contributed by atoms with Gasteiger partial charge in [-0.05, 0) is 50.5 Å². The fourth-order valence-electron chi connectivity index (χ4n) is 5.48. The Kier molecular flexibility index (Phi) is 5.36. The van der Waals surface area contributed by atoms with Crippen molar-refractivity contribution in [2.75, 3.05) is 7.11 Å². The van der Waals surface area contributed by atoms with Gasteiger partial charge in [-0.25, -0.2) is 0 Å². The lowest BCUT2D eigenvalue weighted by Crippen LogP contribution is -2.52. The molecule has 32 heavy (non-hydrogen) atoms. The van der Waals surface area contributed by atoms with E-state index >= 15 is 0 Å². The maximum atomic E-state index is 13.3. The number of aromatic nitrogens is 2. The second kappa shape index (κ2) is 8.20. The van der Waals surface area contributed by atoms with Crippen molar-refractivity contribution >= 4 is 28.6 Å². The molecule has 5 atom stereocenters. The Morgan fingerprint density at radius 1 is 1.19 bits per heavy atom. The number of nitrogens with zero attached hydrogens (tertiary/aromatic N) is 3. The predicted octanol–water partition coefficient (Wildman–Crippen LogP) is 1.20. The zero-order valence-electron chi connectivity index (χ0n) is 18.2. The number of hydrogen-bond acceptors (Lipinski definition) is 5. The molecule has 3 amide bonds. The van der Waals surface area contributed by atoms with E-state index in [0.717, 1.165) is 32.1 Å². The first-order valence-corrected chi connectivity index (χ1v) is 11.4. The van der Waals surface area contributed by atoms with E-state index in [1.807, 2.05) is 12.1 Å². The van der Waals surface area contributed by atoms with E-state index < -0.39 is 11.9 Å². The second-order valence-electron chi connectivity index (χ2n) is 9.23. The van der Waals surface area contributed by atoms with Gasteiger partial charge in [0, 0.05) is 24.6 Å². The third-order valence-electron chi connectivity index (χ3n) is 7.18. The van der Waals surface area contributed by atoms with E-state index in [-0.39, 0.29) is 42.2 Å². The molecule has 9 nitrogen and oxygen atoms in total. The minimum atomic E-state index is -0.630. The summed E-state index contributed by atoms with van der Waals surface area (Å²) in [5, 5.41) is 8.09. The molecule has 3 aliphatic rings. The highest BCUT2D eigenvalue weighted by Crippen LogP contribution is 2.48. The highest BCUT2D eigenvalue weighted by atomic mass is 16.5. The van der Waals surface area contributed by atoms with Gasteiger partial charge in [0.2, 0.25) is 11.8 Å². The molecule has 0 spiro atoms. The van der Waals surface area contributed by atoms with Gasteiger partial charge in [0.1, 0.15) is 12.6 Å².